The minimum atomic E-state index is -0.771. The van der Waals surface area contributed by atoms with E-state index in [0.717, 1.165) is 18.2 Å². The zero-order chi connectivity index (χ0) is 11.5. The Labute approximate surface area is 90.6 Å². The second-order valence-electron chi connectivity index (χ2n) is 3.23. The first-order valence-electron chi connectivity index (χ1n) is 4.57. The van der Waals surface area contributed by atoms with Crippen LogP contribution in [0.15, 0.2) is 42.7 Å². The standard InChI is InChI=1S/C12H7F2NO/c13-10-4-9(5-11(14)6-10)12(16)8-2-1-3-15-7-8/h1-7H. The molecule has 1 heterocycles. The first kappa shape index (κ1) is 10.4. The van der Waals surface area contributed by atoms with Crippen LogP contribution in [0.1, 0.15) is 15.9 Å². The molecule has 0 N–H and O–H groups in total. The molecule has 4 heteroatoms. The van der Waals surface area contributed by atoms with E-state index in [1.54, 1.807) is 6.07 Å². The quantitative estimate of drug-likeness (QED) is 0.726. The second kappa shape index (κ2) is 4.18. The zero-order valence-corrected chi connectivity index (χ0v) is 8.15. The Morgan fingerprint density at radius 3 is 2.31 bits per heavy atom. The van der Waals surface area contributed by atoms with Gasteiger partial charge in [-0.3, -0.25) is 9.78 Å². The number of pyridine rings is 1. The van der Waals surface area contributed by atoms with Crippen molar-refractivity contribution in [2.45, 2.75) is 0 Å². The van der Waals surface area contributed by atoms with Crippen LogP contribution in [-0.4, -0.2) is 10.8 Å². The van der Waals surface area contributed by atoms with Crippen molar-refractivity contribution in [1.29, 1.82) is 0 Å². The Hall–Kier alpha value is -2.10. The Morgan fingerprint density at radius 2 is 1.75 bits per heavy atom. The van der Waals surface area contributed by atoms with Crippen molar-refractivity contribution in [2.24, 2.45) is 0 Å². The van der Waals surface area contributed by atoms with Crippen LogP contribution in [0.25, 0.3) is 0 Å². The maximum Gasteiger partial charge on any atom is 0.194 e. The van der Waals surface area contributed by atoms with Crippen LogP contribution in [-0.2, 0) is 0 Å². The Balaban J connectivity index is 2.42. The average molecular weight is 219 g/mol. The molecule has 80 valence electrons. The van der Waals surface area contributed by atoms with E-state index in [2.05, 4.69) is 4.98 Å². The summed E-state index contributed by atoms with van der Waals surface area (Å²) in [6.45, 7) is 0. The molecule has 0 saturated carbocycles. The van der Waals surface area contributed by atoms with Gasteiger partial charge in [-0.2, -0.15) is 0 Å². The van der Waals surface area contributed by atoms with E-state index < -0.39 is 17.4 Å². The first-order valence-corrected chi connectivity index (χ1v) is 4.57. The van der Waals surface area contributed by atoms with Crippen LogP contribution in [0.4, 0.5) is 8.78 Å². The Kier molecular flexibility index (Phi) is 2.72. The molecule has 0 aliphatic carbocycles. The van der Waals surface area contributed by atoms with Crippen LogP contribution >= 0.6 is 0 Å². The molecule has 0 aliphatic heterocycles. The van der Waals surface area contributed by atoms with E-state index in [1.165, 1.54) is 18.5 Å². The highest BCUT2D eigenvalue weighted by Crippen LogP contribution is 2.12. The normalized spacial score (nSPS) is 10.1. The van der Waals surface area contributed by atoms with Crippen molar-refractivity contribution in [3.05, 3.63) is 65.5 Å². The van der Waals surface area contributed by atoms with Gasteiger partial charge in [0, 0.05) is 29.6 Å². The number of carbonyl (C=O) groups excluding carboxylic acids is 1. The summed E-state index contributed by atoms with van der Waals surface area (Å²) in [6, 6.07) is 5.85. The molecule has 0 atom stereocenters. The van der Waals surface area contributed by atoms with Gasteiger partial charge in [0.25, 0.3) is 0 Å². The van der Waals surface area contributed by atoms with Gasteiger partial charge in [0.15, 0.2) is 5.78 Å². The zero-order valence-electron chi connectivity index (χ0n) is 8.15. The lowest BCUT2D eigenvalue weighted by atomic mass is 10.1. The number of aromatic nitrogens is 1. The third-order valence-corrected chi connectivity index (χ3v) is 2.05. The summed E-state index contributed by atoms with van der Waals surface area (Å²) in [5.74, 6) is -1.99. The summed E-state index contributed by atoms with van der Waals surface area (Å²) < 4.78 is 25.8. The highest BCUT2D eigenvalue weighted by molar-refractivity contribution is 6.08. The monoisotopic (exact) mass is 219 g/mol. The molecule has 16 heavy (non-hydrogen) atoms. The van der Waals surface area contributed by atoms with Crippen molar-refractivity contribution >= 4 is 5.78 Å². The van der Waals surface area contributed by atoms with Crippen LogP contribution in [0, 0.1) is 11.6 Å². The second-order valence-corrected chi connectivity index (χ2v) is 3.23. The van der Waals surface area contributed by atoms with Crippen molar-refractivity contribution < 1.29 is 13.6 Å². The minimum Gasteiger partial charge on any atom is -0.289 e. The van der Waals surface area contributed by atoms with Gasteiger partial charge in [-0.25, -0.2) is 8.78 Å². The number of ketones is 1. The lowest BCUT2D eigenvalue weighted by Gasteiger charge is -2.01. The predicted octanol–water partition coefficient (Wildman–Crippen LogP) is 2.59. The van der Waals surface area contributed by atoms with Gasteiger partial charge in [-0.15, -0.1) is 0 Å². The molecule has 1 aromatic carbocycles. The van der Waals surface area contributed by atoms with Crippen molar-refractivity contribution in [1.82, 2.24) is 4.98 Å². The summed E-state index contributed by atoms with van der Waals surface area (Å²) in [6.07, 6.45) is 2.87. The molecule has 0 bridgehead atoms. The molecular weight excluding hydrogens is 212 g/mol. The van der Waals surface area contributed by atoms with E-state index >= 15 is 0 Å². The lowest BCUT2D eigenvalue weighted by Crippen LogP contribution is -2.02. The summed E-state index contributed by atoms with van der Waals surface area (Å²) in [5, 5.41) is 0. The molecule has 2 rings (SSSR count). The van der Waals surface area contributed by atoms with E-state index in [1.807, 2.05) is 0 Å². The van der Waals surface area contributed by atoms with Crippen molar-refractivity contribution in [3.63, 3.8) is 0 Å². The maximum atomic E-state index is 12.9. The number of rotatable bonds is 2. The van der Waals surface area contributed by atoms with Gasteiger partial charge in [0.1, 0.15) is 11.6 Å². The number of carbonyl (C=O) groups is 1. The highest BCUT2D eigenvalue weighted by Gasteiger charge is 2.11. The molecule has 0 fully saturated rings. The average Bonchev–Trinajstić information content (AvgIpc) is 2.28. The summed E-state index contributed by atoms with van der Waals surface area (Å²) in [7, 11) is 0. The number of hydrogen-bond acceptors (Lipinski definition) is 2. The smallest absolute Gasteiger partial charge is 0.194 e. The summed E-state index contributed by atoms with van der Waals surface area (Å²) >= 11 is 0. The molecule has 0 aliphatic rings. The fraction of sp³-hybridized carbons (Fsp3) is 0. The topological polar surface area (TPSA) is 30.0 Å². The van der Waals surface area contributed by atoms with Gasteiger partial charge >= 0.3 is 0 Å². The molecule has 0 saturated heterocycles. The van der Waals surface area contributed by atoms with E-state index in [9.17, 15) is 13.6 Å². The third-order valence-electron chi connectivity index (χ3n) is 2.05. The van der Waals surface area contributed by atoms with Crippen LogP contribution in [0.2, 0.25) is 0 Å². The van der Waals surface area contributed by atoms with Gasteiger partial charge in [0.2, 0.25) is 0 Å². The number of nitrogens with zero attached hydrogens (tertiary/aromatic N) is 1. The van der Waals surface area contributed by atoms with Gasteiger partial charge in [0.05, 0.1) is 0 Å². The molecule has 0 spiro atoms. The van der Waals surface area contributed by atoms with E-state index in [4.69, 9.17) is 0 Å². The van der Waals surface area contributed by atoms with E-state index in [-0.39, 0.29) is 5.56 Å². The molecule has 1 aromatic heterocycles. The summed E-state index contributed by atoms with van der Waals surface area (Å²) in [5.41, 5.74) is 0.276. The minimum absolute atomic E-state index is 0.0227. The predicted molar refractivity (Wildman–Crippen MR) is 54.0 cm³/mol. The maximum absolute atomic E-state index is 12.9. The van der Waals surface area contributed by atoms with Crippen molar-refractivity contribution in [3.8, 4) is 0 Å². The summed E-state index contributed by atoms with van der Waals surface area (Å²) in [4.78, 5) is 15.5. The molecule has 2 nitrogen and oxygen atoms in total. The van der Waals surface area contributed by atoms with Crippen LogP contribution in [0.5, 0.6) is 0 Å². The van der Waals surface area contributed by atoms with Crippen LogP contribution in [0.3, 0.4) is 0 Å². The number of benzene rings is 1. The fourth-order valence-electron chi connectivity index (χ4n) is 1.35. The fourth-order valence-corrected chi connectivity index (χ4v) is 1.35. The number of hydrogen-bond donors (Lipinski definition) is 0. The van der Waals surface area contributed by atoms with Gasteiger partial charge in [-0.1, -0.05) is 0 Å². The SMILES string of the molecule is O=C(c1cccnc1)c1cc(F)cc(F)c1. The van der Waals surface area contributed by atoms with Crippen LogP contribution < -0.4 is 0 Å². The lowest BCUT2D eigenvalue weighted by molar-refractivity contribution is 0.103. The Morgan fingerprint density at radius 1 is 1.06 bits per heavy atom. The first-order chi connectivity index (χ1) is 7.66. The molecular formula is C12H7F2NO. The van der Waals surface area contributed by atoms with Gasteiger partial charge < -0.3 is 0 Å². The number of halogens is 2. The molecule has 0 amide bonds. The Bertz CT molecular complexity index is 506. The van der Waals surface area contributed by atoms with Crippen molar-refractivity contribution in [2.75, 3.05) is 0 Å². The highest BCUT2D eigenvalue weighted by atomic mass is 19.1. The van der Waals surface area contributed by atoms with E-state index in [0.29, 0.717) is 5.56 Å². The molecule has 0 unspecified atom stereocenters. The van der Waals surface area contributed by atoms with Gasteiger partial charge in [-0.05, 0) is 24.3 Å². The third kappa shape index (κ3) is 2.11. The molecule has 0 radical (unpaired) electrons. The molecule has 2 aromatic rings. The largest absolute Gasteiger partial charge is 0.289 e.